The van der Waals surface area contributed by atoms with Crippen molar-refractivity contribution in [3.05, 3.63) is 0 Å². The van der Waals surface area contributed by atoms with Crippen molar-refractivity contribution < 1.29 is 0 Å². The van der Waals surface area contributed by atoms with Gasteiger partial charge in [-0.05, 0) is 57.4 Å². The summed E-state index contributed by atoms with van der Waals surface area (Å²) in [6.07, 6.45) is 23.1. The van der Waals surface area contributed by atoms with E-state index in [1.807, 2.05) is 0 Å². The number of fused-ring (bicyclic) bond motifs is 3. The summed E-state index contributed by atoms with van der Waals surface area (Å²) < 4.78 is 0. The van der Waals surface area contributed by atoms with Crippen molar-refractivity contribution >= 4 is 12.4 Å². The minimum absolute atomic E-state index is 0. The quantitative estimate of drug-likeness (QED) is 0.333. The monoisotopic (exact) mass is 372 g/mol. The first-order chi connectivity index (χ1) is 11.8. The summed E-state index contributed by atoms with van der Waals surface area (Å²) >= 11 is 0. The van der Waals surface area contributed by atoms with Crippen molar-refractivity contribution in [3.8, 4) is 0 Å². The molecule has 0 aromatic heterocycles. The van der Waals surface area contributed by atoms with Crippen molar-refractivity contribution in [3.63, 3.8) is 0 Å². The molecule has 3 rings (SSSR count). The molecule has 2 nitrogen and oxygen atoms in total. The maximum Gasteiger partial charge on any atom is 0.0182 e. The smallest absolute Gasteiger partial charge is 0.0182 e. The SMILES string of the molecule is CCCCCCCCCCCCNCCNC12CCC(CC1)CC2.Cl. The summed E-state index contributed by atoms with van der Waals surface area (Å²) in [7, 11) is 0. The second-order valence-corrected chi connectivity index (χ2v) is 8.62. The van der Waals surface area contributed by atoms with Crippen LogP contribution >= 0.6 is 12.4 Å². The molecule has 0 amide bonds. The second-order valence-electron chi connectivity index (χ2n) is 8.62. The highest BCUT2D eigenvalue weighted by Crippen LogP contribution is 2.43. The number of nitrogens with one attached hydrogen (secondary N) is 2. The van der Waals surface area contributed by atoms with Crippen molar-refractivity contribution in [2.45, 2.75) is 115 Å². The molecule has 3 aliphatic carbocycles. The molecular formula is C22H45ClN2. The van der Waals surface area contributed by atoms with E-state index in [-0.39, 0.29) is 12.4 Å². The Hall–Kier alpha value is 0.210. The van der Waals surface area contributed by atoms with Crippen molar-refractivity contribution in [1.82, 2.24) is 10.6 Å². The Kier molecular flexibility index (Phi) is 13.3. The molecule has 3 saturated carbocycles. The van der Waals surface area contributed by atoms with Gasteiger partial charge in [0.2, 0.25) is 0 Å². The number of unbranched alkanes of at least 4 members (excludes halogenated alkanes) is 9. The average molecular weight is 373 g/mol. The van der Waals surface area contributed by atoms with Crippen LogP contribution in [0.15, 0.2) is 0 Å². The van der Waals surface area contributed by atoms with Gasteiger partial charge in [0.05, 0.1) is 0 Å². The zero-order valence-corrected chi connectivity index (χ0v) is 17.7. The summed E-state index contributed by atoms with van der Waals surface area (Å²) in [6, 6.07) is 0. The summed E-state index contributed by atoms with van der Waals surface area (Å²) in [5, 5.41) is 7.54. The molecule has 2 N–H and O–H groups in total. The van der Waals surface area contributed by atoms with Crippen LogP contribution in [0.25, 0.3) is 0 Å². The van der Waals surface area contributed by atoms with Crippen molar-refractivity contribution in [1.29, 1.82) is 0 Å². The zero-order chi connectivity index (χ0) is 16.9. The number of rotatable bonds is 15. The third kappa shape index (κ3) is 9.63. The van der Waals surface area contributed by atoms with Crippen LogP contribution in [0.2, 0.25) is 0 Å². The lowest BCUT2D eigenvalue weighted by molar-refractivity contribution is 0.106. The van der Waals surface area contributed by atoms with Gasteiger partial charge in [0, 0.05) is 18.6 Å². The predicted molar refractivity (Wildman–Crippen MR) is 114 cm³/mol. The van der Waals surface area contributed by atoms with E-state index in [9.17, 15) is 0 Å². The molecule has 25 heavy (non-hydrogen) atoms. The zero-order valence-electron chi connectivity index (χ0n) is 16.9. The van der Waals surface area contributed by atoms with Gasteiger partial charge in [-0.25, -0.2) is 0 Å². The van der Waals surface area contributed by atoms with Crippen LogP contribution in [0.4, 0.5) is 0 Å². The van der Waals surface area contributed by atoms with Gasteiger partial charge in [-0.15, -0.1) is 12.4 Å². The van der Waals surface area contributed by atoms with Crippen LogP contribution in [0.3, 0.4) is 0 Å². The van der Waals surface area contributed by atoms with E-state index in [1.54, 1.807) is 0 Å². The second kappa shape index (κ2) is 14.3. The van der Waals surface area contributed by atoms with Gasteiger partial charge in [0.25, 0.3) is 0 Å². The summed E-state index contributed by atoms with van der Waals surface area (Å²) in [4.78, 5) is 0. The maximum absolute atomic E-state index is 3.90. The number of halogens is 1. The fraction of sp³-hybridized carbons (Fsp3) is 1.00. The Morgan fingerprint density at radius 1 is 0.680 bits per heavy atom. The molecule has 0 unspecified atom stereocenters. The predicted octanol–water partition coefficient (Wildman–Crippen LogP) is 6.23. The lowest BCUT2D eigenvalue weighted by Crippen LogP contribution is -2.53. The molecule has 2 bridgehead atoms. The number of hydrogen-bond donors (Lipinski definition) is 2. The Balaban J connectivity index is 0.00000312. The molecular weight excluding hydrogens is 328 g/mol. The van der Waals surface area contributed by atoms with E-state index in [2.05, 4.69) is 17.6 Å². The minimum atomic E-state index is 0. The van der Waals surface area contributed by atoms with Gasteiger partial charge < -0.3 is 10.6 Å². The minimum Gasteiger partial charge on any atom is -0.315 e. The Bertz CT molecular complexity index is 287. The standard InChI is InChI=1S/C22H44N2.ClH/c1-2-3-4-5-6-7-8-9-10-11-18-23-19-20-24-22-15-12-21(13-16-22)14-17-22;/h21,23-24H,2-20H2,1H3;1H. The van der Waals surface area contributed by atoms with Crippen LogP contribution in [-0.4, -0.2) is 25.2 Å². The van der Waals surface area contributed by atoms with Gasteiger partial charge in [0.1, 0.15) is 0 Å². The normalized spacial score (nSPS) is 25.1. The molecule has 0 heterocycles. The molecule has 0 atom stereocenters. The third-order valence-electron chi connectivity index (χ3n) is 6.60. The van der Waals surface area contributed by atoms with E-state index >= 15 is 0 Å². The van der Waals surface area contributed by atoms with E-state index in [4.69, 9.17) is 0 Å². The first kappa shape index (κ1) is 23.2. The third-order valence-corrected chi connectivity index (χ3v) is 6.60. The summed E-state index contributed by atoms with van der Waals surface area (Å²) in [5.41, 5.74) is 0.535. The van der Waals surface area contributed by atoms with Gasteiger partial charge in [-0.3, -0.25) is 0 Å². The van der Waals surface area contributed by atoms with Gasteiger partial charge in [0.15, 0.2) is 0 Å². The van der Waals surface area contributed by atoms with Crippen LogP contribution in [0.5, 0.6) is 0 Å². The molecule has 0 saturated heterocycles. The average Bonchev–Trinajstić information content (AvgIpc) is 2.63. The van der Waals surface area contributed by atoms with E-state index in [0.29, 0.717) is 5.54 Å². The first-order valence-corrected chi connectivity index (χ1v) is 11.3. The summed E-state index contributed by atoms with van der Waals surface area (Å²) in [5.74, 6) is 1.07. The topological polar surface area (TPSA) is 24.1 Å². The highest BCUT2D eigenvalue weighted by Gasteiger charge is 2.39. The molecule has 150 valence electrons. The Labute approximate surface area is 164 Å². The van der Waals surface area contributed by atoms with Crippen LogP contribution in [0, 0.1) is 5.92 Å². The fourth-order valence-corrected chi connectivity index (χ4v) is 4.79. The van der Waals surface area contributed by atoms with Crippen LogP contribution in [0.1, 0.15) is 110 Å². The summed E-state index contributed by atoms with van der Waals surface area (Å²) in [6.45, 7) is 5.84. The lowest BCUT2D eigenvalue weighted by Gasteiger charge is -2.47. The number of hydrogen-bond acceptors (Lipinski definition) is 2. The Morgan fingerprint density at radius 3 is 1.76 bits per heavy atom. The highest BCUT2D eigenvalue weighted by atomic mass is 35.5. The van der Waals surface area contributed by atoms with Crippen LogP contribution < -0.4 is 10.6 Å². The molecule has 0 aromatic carbocycles. The van der Waals surface area contributed by atoms with E-state index in [0.717, 1.165) is 12.5 Å². The van der Waals surface area contributed by atoms with E-state index < -0.39 is 0 Å². The fourth-order valence-electron chi connectivity index (χ4n) is 4.79. The molecule has 3 fully saturated rings. The molecule has 3 heteroatoms. The van der Waals surface area contributed by atoms with Crippen molar-refractivity contribution in [2.24, 2.45) is 5.92 Å². The Morgan fingerprint density at radius 2 is 1.20 bits per heavy atom. The highest BCUT2D eigenvalue weighted by molar-refractivity contribution is 5.85. The van der Waals surface area contributed by atoms with Gasteiger partial charge >= 0.3 is 0 Å². The first-order valence-electron chi connectivity index (χ1n) is 11.3. The molecule has 3 aliphatic rings. The van der Waals surface area contributed by atoms with Gasteiger partial charge in [-0.2, -0.15) is 0 Å². The van der Waals surface area contributed by atoms with Crippen molar-refractivity contribution in [2.75, 3.05) is 19.6 Å². The molecule has 0 aromatic rings. The largest absolute Gasteiger partial charge is 0.315 e. The molecule has 0 aliphatic heterocycles. The van der Waals surface area contributed by atoms with E-state index in [1.165, 1.54) is 116 Å². The van der Waals surface area contributed by atoms with Gasteiger partial charge in [-0.1, -0.05) is 64.7 Å². The maximum atomic E-state index is 3.90. The molecule has 0 spiro atoms. The van der Waals surface area contributed by atoms with Crippen LogP contribution in [-0.2, 0) is 0 Å². The lowest BCUT2D eigenvalue weighted by atomic mass is 9.66. The molecule has 0 radical (unpaired) electrons.